The van der Waals surface area contributed by atoms with Gasteiger partial charge in [0.1, 0.15) is 5.75 Å². The first-order valence-electron chi connectivity index (χ1n) is 8.86. The zero-order chi connectivity index (χ0) is 18.1. The Kier molecular flexibility index (Phi) is 6.53. The van der Waals surface area contributed by atoms with E-state index >= 15 is 0 Å². The number of aromatic nitrogens is 1. The molecule has 0 radical (unpaired) electrons. The van der Waals surface area contributed by atoms with Gasteiger partial charge in [-0.1, -0.05) is 23.7 Å². The summed E-state index contributed by atoms with van der Waals surface area (Å²) in [6.07, 6.45) is 6.74. The maximum absolute atomic E-state index is 11.3. The molecule has 1 aliphatic carbocycles. The molecule has 0 spiro atoms. The third kappa shape index (κ3) is 4.35. The van der Waals surface area contributed by atoms with Crippen LogP contribution in [-0.2, 0) is 6.54 Å². The first-order valence-corrected chi connectivity index (χ1v) is 9.24. The van der Waals surface area contributed by atoms with E-state index in [2.05, 4.69) is 0 Å². The standard InChI is InChI=1S/C21H20ClNO3.Na/c22-15-8-9-20(26-16-4-1-2-5-16)14(12-15)13-23-11-10-17-18(21(24)25)6-3-7-19(17)23;/h3,6-12,16H,1-2,4-5,13H2,(H,24,25);/q;+1/p-1. The van der Waals surface area contributed by atoms with Gasteiger partial charge in [0.25, 0.3) is 0 Å². The van der Waals surface area contributed by atoms with Crippen molar-refractivity contribution < 1.29 is 44.2 Å². The summed E-state index contributed by atoms with van der Waals surface area (Å²) < 4.78 is 8.22. The number of aromatic carboxylic acids is 1. The molecule has 6 heteroatoms. The molecule has 3 aromatic rings. The second-order valence-corrected chi connectivity index (χ2v) is 7.18. The number of nitrogens with zero attached hydrogens (tertiary/aromatic N) is 1. The largest absolute Gasteiger partial charge is 1.00 e. The number of carboxylic acid groups (broad SMARTS) is 1. The van der Waals surface area contributed by atoms with Gasteiger partial charge in [-0.3, -0.25) is 0 Å². The van der Waals surface area contributed by atoms with Crippen molar-refractivity contribution in [2.75, 3.05) is 0 Å². The van der Waals surface area contributed by atoms with Crippen molar-refractivity contribution in [1.29, 1.82) is 0 Å². The van der Waals surface area contributed by atoms with Crippen LogP contribution in [0.4, 0.5) is 0 Å². The Hall–Kier alpha value is -1.46. The molecule has 27 heavy (non-hydrogen) atoms. The minimum absolute atomic E-state index is 0. The number of carbonyl (C=O) groups excluding carboxylic acids is 1. The minimum Gasteiger partial charge on any atom is -0.545 e. The molecule has 4 nitrogen and oxygen atoms in total. The van der Waals surface area contributed by atoms with Crippen LogP contribution in [0, 0.1) is 0 Å². The van der Waals surface area contributed by atoms with Gasteiger partial charge in [-0.05, 0) is 56.0 Å². The van der Waals surface area contributed by atoms with Crippen molar-refractivity contribution in [3.63, 3.8) is 0 Å². The molecule has 1 saturated carbocycles. The molecule has 0 unspecified atom stereocenters. The maximum Gasteiger partial charge on any atom is 1.00 e. The summed E-state index contributed by atoms with van der Waals surface area (Å²) in [5.41, 5.74) is 2.04. The summed E-state index contributed by atoms with van der Waals surface area (Å²) in [6, 6.07) is 12.7. The molecule has 0 amide bonds. The average Bonchev–Trinajstić information content (AvgIpc) is 3.27. The predicted octanol–water partition coefficient (Wildman–Crippen LogP) is 1.03. The number of benzene rings is 2. The summed E-state index contributed by atoms with van der Waals surface area (Å²) in [5.74, 6) is -0.319. The number of hydrogen-bond acceptors (Lipinski definition) is 3. The van der Waals surface area contributed by atoms with Crippen LogP contribution in [0.5, 0.6) is 5.75 Å². The predicted molar refractivity (Wildman–Crippen MR) is 99.7 cm³/mol. The molecule has 1 heterocycles. The number of fused-ring (bicyclic) bond motifs is 1. The van der Waals surface area contributed by atoms with Crippen LogP contribution < -0.4 is 39.4 Å². The van der Waals surface area contributed by atoms with Crippen molar-refractivity contribution in [1.82, 2.24) is 4.57 Å². The van der Waals surface area contributed by atoms with Crippen LogP contribution in [0.1, 0.15) is 41.6 Å². The quantitative estimate of drug-likeness (QED) is 0.610. The fourth-order valence-corrected chi connectivity index (χ4v) is 3.89. The molecule has 0 N–H and O–H groups in total. The van der Waals surface area contributed by atoms with E-state index in [1.165, 1.54) is 12.8 Å². The fraction of sp³-hybridized carbons (Fsp3) is 0.286. The van der Waals surface area contributed by atoms with Crippen molar-refractivity contribution >= 4 is 28.5 Å². The minimum atomic E-state index is -1.17. The molecule has 134 valence electrons. The first-order chi connectivity index (χ1) is 12.6. The molecule has 0 aliphatic heterocycles. The van der Waals surface area contributed by atoms with Gasteiger partial charge in [0, 0.05) is 33.2 Å². The van der Waals surface area contributed by atoms with Crippen molar-refractivity contribution in [3.8, 4) is 5.75 Å². The Bertz CT molecular complexity index is 963. The van der Waals surface area contributed by atoms with Crippen LogP contribution >= 0.6 is 11.6 Å². The zero-order valence-corrected chi connectivity index (χ0v) is 18.0. The van der Waals surface area contributed by atoms with E-state index in [4.69, 9.17) is 16.3 Å². The second kappa shape index (κ2) is 8.70. The Morgan fingerprint density at radius 1 is 1.19 bits per heavy atom. The molecule has 2 aromatic carbocycles. The van der Waals surface area contributed by atoms with Gasteiger partial charge in [0.2, 0.25) is 0 Å². The number of halogens is 1. The second-order valence-electron chi connectivity index (χ2n) is 6.75. The first kappa shape index (κ1) is 20.3. The molecular formula is C21H19ClNNaO3. The van der Waals surface area contributed by atoms with Crippen LogP contribution in [0.2, 0.25) is 5.02 Å². The Morgan fingerprint density at radius 2 is 1.96 bits per heavy atom. The normalized spacial score (nSPS) is 14.3. The van der Waals surface area contributed by atoms with Crippen LogP contribution in [0.25, 0.3) is 10.9 Å². The third-order valence-corrected chi connectivity index (χ3v) is 5.23. The van der Waals surface area contributed by atoms with E-state index in [1.54, 1.807) is 12.1 Å². The SMILES string of the molecule is O=C([O-])c1cccc2c1ccn2Cc1cc(Cl)ccc1OC1CCCC1.[Na+]. The maximum atomic E-state index is 11.3. The summed E-state index contributed by atoms with van der Waals surface area (Å²) in [5, 5.41) is 12.6. The molecular weight excluding hydrogens is 373 g/mol. The van der Waals surface area contributed by atoms with Gasteiger partial charge >= 0.3 is 29.6 Å². The molecule has 0 atom stereocenters. The fourth-order valence-electron chi connectivity index (χ4n) is 3.70. The third-order valence-electron chi connectivity index (χ3n) is 4.99. The number of carbonyl (C=O) groups is 1. The molecule has 1 aliphatic rings. The Morgan fingerprint density at radius 3 is 2.70 bits per heavy atom. The van der Waals surface area contributed by atoms with E-state index in [-0.39, 0.29) is 41.2 Å². The molecule has 1 aromatic heterocycles. The van der Waals surface area contributed by atoms with Gasteiger partial charge in [-0.2, -0.15) is 0 Å². The smallest absolute Gasteiger partial charge is 0.545 e. The van der Waals surface area contributed by atoms with Gasteiger partial charge in [0.05, 0.1) is 18.6 Å². The van der Waals surface area contributed by atoms with Crippen LogP contribution in [0.3, 0.4) is 0 Å². The monoisotopic (exact) mass is 391 g/mol. The van der Waals surface area contributed by atoms with Gasteiger partial charge in [-0.25, -0.2) is 0 Å². The van der Waals surface area contributed by atoms with Crippen molar-refractivity contribution in [2.24, 2.45) is 0 Å². The number of carboxylic acids is 1. The number of ether oxygens (including phenoxy) is 1. The van der Waals surface area contributed by atoms with Crippen LogP contribution in [-0.4, -0.2) is 16.6 Å². The molecule has 0 bridgehead atoms. The van der Waals surface area contributed by atoms with Gasteiger partial charge in [-0.15, -0.1) is 0 Å². The molecule has 1 fully saturated rings. The number of rotatable bonds is 5. The van der Waals surface area contributed by atoms with E-state index in [0.29, 0.717) is 17.0 Å². The zero-order valence-electron chi connectivity index (χ0n) is 15.3. The summed E-state index contributed by atoms with van der Waals surface area (Å²) in [6.45, 7) is 0.558. The summed E-state index contributed by atoms with van der Waals surface area (Å²) in [7, 11) is 0. The Balaban J connectivity index is 0.00000210. The van der Waals surface area contributed by atoms with Crippen molar-refractivity contribution in [2.45, 2.75) is 38.3 Å². The summed E-state index contributed by atoms with van der Waals surface area (Å²) >= 11 is 6.21. The van der Waals surface area contributed by atoms with E-state index in [1.807, 2.05) is 41.1 Å². The van der Waals surface area contributed by atoms with Crippen LogP contribution in [0.15, 0.2) is 48.7 Å². The average molecular weight is 392 g/mol. The van der Waals surface area contributed by atoms with E-state index in [9.17, 15) is 9.90 Å². The van der Waals surface area contributed by atoms with E-state index in [0.717, 1.165) is 29.7 Å². The van der Waals surface area contributed by atoms with Gasteiger partial charge in [0.15, 0.2) is 0 Å². The van der Waals surface area contributed by atoms with Gasteiger partial charge < -0.3 is 19.2 Å². The summed E-state index contributed by atoms with van der Waals surface area (Å²) in [4.78, 5) is 11.3. The Labute approximate surface area is 185 Å². The topological polar surface area (TPSA) is 54.3 Å². The van der Waals surface area contributed by atoms with E-state index < -0.39 is 5.97 Å². The number of hydrogen-bond donors (Lipinski definition) is 0. The molecule has 0 saturated heterocycles. The molecule has 4 rings (SSSR count). The van der Waals surface area contributed by atoms with Crippen molar-refractivity contribution in [3.05, 3.63) is 64.8 Å².